The molecule has 1 aromatic heterocycles. The first kappa shape index (κ1) is 17.2. The maximum absolute atomic E-state index is 12.9. The lowest BCUT2D eigenvalue weighted by Crippen LogP contribution is -2.27. The van der Waals surface area contributed by atoms with Crippen molar-refractivity contribution in [2.24, 2.45) is 0 Å². The number of benzene rings is 2. The standard InChI is InChI=1S/C19H16BrN3O2S/c1-11(24)21-14-6-7-15-16(10-14)26-18(22-15)23-17(25)19(8-9-19)12-2-4-13(20)5-3-12/h2-7,10H,8-9H2,1H3,(H,21,24)(H,22,23,25). The summed E-state index contributed by atoms with van der Waals surface area (Å²) in [6.45, 7) is 1.47. The summed E-state index contributed by atoms with van der Waals surface area (Å²) < 4.78 is 1.92. The van der Waals surface area contributed by atoms with Gasteiger partial charge < -0.3 is 10.6 Å². The first-order valence-corrected chi connectivity index (χ1v) is 9.83. The molecule has 0 unspecified atom stereocenters. The highest BCUT2D eigenvalue weighted by atomic mass is 79.9. The zero-order chi connectivity index (χ0) is 18.3. The fourth-order valence-corrected chi connectivity index (χ4v) is 4.18. The van der Waals surface area contributed by atoms with Crippen LogP contribution >= 0.6 is 27.3 Å². The summed E-state index contributed by atoms with van der Waals surface area (Å²) >= 11 is 4.84. The van der Waals surface area contributed by atoms with Crippen LogP contribution in [0.3, 0.4) is 0 Å². The number of hydrogen-bond acceptors (Lipinski definition) is 4. The molecule has 0 aliphatic heterocycles. The van der Waals surface area contributed by atoms with Crippen molar-refractivity contribution in [2.75, 3.05) is 10.6 Å². The van der Waals surface area contributed by atoms with Gasteiger partial charge in [-0.3, -0.25) is 9.59 Å². The smallest absolute Gasteiger partial charge is 0.236 e. The molecule has 2 N–H and O–H groups in total. The van der Waals surface area contributed by atoms with Gasteiger partial charge in [0.1, 0.15) is 0 Å². The lowest BCUT2D eigenvalue weighted by Gasteiger charge is -2.14. The Morgan fingerprint density at radius 1 is 1.12 bits per heavy atom. The molecule has 2 aromatic carbocycles. The van der Waals surface area contributed by atoms with E-state index in [0.29, 0.717) is 5.13 Å². The number of nitrogens with one attached hydrogen (secondary N) is 2. The van der Waals surface area contributed by atoms with E-state index in [-0.39, 0.29) is 11.8 Å². The van der Waals surface area contributed by atoms with Gasteiger partial charge in [0.2, 0.25) is 11.8 Å². The van der Waals surface area contributed by atoms with Crippen LogP contribution in [0.15, 0.2) is 46.9 Å². The number of halogens is 1. The van der Waals surface area contributed by atoms with E-state index in [0.717, 1.165) is 38.8 Å². The van der Waals surface area contributed by atoms with Crippen LogP contribution in [0.1, 0.15) is 25.3 Å². The van der Waals surface area contributed by atoms with Crippen LogP contribution in [-0.2, 0) is 15.0 Å². The third-order valence-corrected chi connectivity index (χ3v) is 5.97. The van der Waals surface area contributed by atoms with Crippen LogP contribution in [0.4, 0.5) is 10.8 Å². The first-order chi connectivity index (χ1) is 12.5. The minimum Gasteiger partial charge on any atom is -0.326 e. The Labute approximate surface area is 163 Å². The van der Waals surface area contributed by atoms with E-state index in [1.165, 1.54) is 18.3 Å². The molecule has 1 fully saturated rings. The van der Waals surface area contributed by atoms with Gasteiger partial charge in [-0.1, -0.05) is 39.4 Å². The van der Waals surface area contributed by atoms with Crippen molar-refractivity contribution in [3.8, 4) is 0 Å². The maximum Gasteiger partial charge on any atom is 0.236 e. The predicted molar refractivity (Wildman–Crippen MR) is 108 cm³/mol. The highest BCUT2D eigenvalue weighted by Gasteiger charge is 2.51. The van der Waals surface area contributed by atoms with E-state index >= 15 is 0 Å². The summed E-state index contributed by atoms with van der Waals surface area (Å²) in [6, 6.07) is 13.4. The topological polar surface area (TPSA) is 71.1 Å². The van der Waals surface area contributed by atoms with Gasteiger partial charge in [0.25, 0.3) is 0 Å². The molecular weight excluding hydrogens is 414 g/mol. The molecule has 26 heavy (non-hydrogen) atoms. The van der Waals surface area contributed by atoms with Gasteiger partial charge in [-0.05, 0) is 48.7 Å². The van der Waals surface area contributed by atoms with Crippen molar-refractivity contribution in [2.45, 2.75) is 25.2 Å². The number of amides is 2. The first-order valence-electron chi connectivity index (χ1n) is 8.22. The average molecular weight is 430 g/mol. The number of hydrogen-bond donors (Lipinski definition) is 2. The van der Waals surface area contributed by atoms with Gasteiger partial charge in [-0.15, -0.1) is 0 Å². The molecule has 4 rings (SSSR count). The fraction of sp³-hybridized carbons (Fsp3) is 0.211. The second-order valence-corrected chi connectivity index (χ2v) is 8.37. The Morgan fingerprint density at radius 3 is 2.50 bits per heavy atom. The number of carbonyl (C=O) groups is 2. The largest absolute Gasteiger partial charge is 0.326 e. The van der Waals surface area contributed by atoms with E-state index in [9.17, 15) is 9.59 Å². The molecular formula is C19H16BrN3O2S. The number of fused-ring (bicyclic) bond motifs is 1. The lowest BCUT2D eigenvalue weighted by atomic mass is 9.95. The van der Waals surface area contributed by atoms with E-state index in [1.54, 1.807) is 6.07 Å². The zero-order valence-corrected chi connectivity index (χ0v) is 16.4. The molecule has 0 bridgehead atoms. The minimum atomic E-state index is -0.445. The van der Waals surface area contributed by atoms with Crippen LogP contribution in [0.25, 0.3) is 10.2 Å². The lowest BCUT2D eigenvalue weighted by molar-refractivity contribution is -0.118. The van der Waals surface area contributed by atoms with E-state index in [4.69, 9.17) is 0 Å². The highest BCUT2D eigenvalue weighted by molar-refractivity contribution is 9.10. The summed E-state index contributed by atoms with van der Waals surface area (Å²) in [4.78, 5) is 28.5. The number of thiazole rings is 1. The molecule has 3 aromatic rings. The van der Waals surface area contributed by atoms with Gasteiger partial charge in [-0.2, -0.15) is 0 Å². The average Bonchev–Trinajstić information content (AvgIpc) is 3.30. The van der Waals surface area contributed by atoms with E-state index in [2.05, 4.69) is 31.5 Å². The van der Waals surface area contributed by atoms with Crippen molar-refractivity contribution in [3.63, 3.8) is 0 Å². The van der Waals surface area contributed by atoms with Crippen LogP contribution in [0, 0.1) is 0 Å². The Bertz CT molecular complexity index is 1010. The van der Waals surface area contributed by atoms with Crippen LogP contribution in [0.2, 0.25) is 0 Å². The molecule has 2 amide bonds. The number of nitrogens with zero attached hydrogens (tertiary/aromatic N) is 1. The molecule has 7 heteroatoms. The third-order valence-electron chi connectivity index (χ3n) is 4.51. The zero-order valence-electron chi connectivity index (χ0n) is 14.0. The number of rotatable bonds is 4. The normalized spacial score (nSPS) is 14.8. The SMILES string of the molecule is CC(=O)Nc1ccc2nc(NC(=O)C3(c4ccc(Br)cc4)CC3)sc2c1. The summed E-state index contributed by atoms with van der Waals surface area (Å²) in [6.07, 6.45) is 1.69. The quantitative estimate of drug-likeness (QED) is 0.631. The highest BCUT2D eigenvalue weighted by Crippen LogP contribution is 2.49. The van der Waals surface area contributed by atoms with E-state index < -0.39 is 5.41 Å². The Hall–Kier alpha value is -2.25. The van der Waals surface area contributed by atoms with Crippen LogP contribution in [0.5, 0.6) is 0 Å². The van der Waals surface area contributed by atoms with Crippen molar-refractivity contribution in [1.29, 1.82) is 0 Å². The Morgan fingerprint density at radius 2 is 1.85 bits per heavy atom. The summed E-state index contributed by atoms with van der Waals surface area (Å²) in [5.74, 6) is -0.131. The molecule has 132 valence electrons. The molecule has 0 spiro atoms. The molecule has 1 saturated carbocycles. The summed E-state index contributed by atoms with van der Waals surface area (Å²) in [7, 11) is 0. The molecule has 1 heterocycles. The number of carbonyl (C=O) groups excluding carboxylic acids is 2. The summed E-state index contributed by atoms with van der Waals surface area (Å²) in [5, 5.41) is 6.31. The molecule has 5 nitrogen and oxygen atoms in total. The molecule has 0 saturated heterocycles. The van der Waals surface area contributed by atoms with Gasteiger partial charge in [0.15, 0.2) is 5.13 Å². The second-order valence-electron chi connectivity index (χ2n) is 6.43. The fourth-order valence-electron chi connectivity index (χ4n) is 3.02. The predicted octanol–water partition coefficient (Wildman–Crippen LogP) is 4.69. The Kier molecular flexibility index (Phi) is 4.28. The third kappa shape index (κ3) is 3.24. The van der Waals surface area contributed by atoms with Gasteiger partial charge in [0, 0.05) is 17.1 Å². The molecule has 0 atom stereocenters. The molecule has 1 aliphatic carbocycles. The van der Waals surface area contributed by atoms with Crippen molar-refractivity contribution >= 4 is 60.1 Å². The molecule has 0 radical (unpaired) electrons. The van der Waals surface area contributed by atoms with Gasteiger partial charge >= 0.3 is 0 Å². The Balaban J connectivity index is 1.56. The minimum absolute atomic E-state index is 0.0130. The summed E-state index contributed by atoms with van der Waals surface area (Å²) in [5.41, 5.74) is 2.11. The monoisotopic (exact) mass is 429 g/mol. The van der Waals surface area contributed by atoms with Crippen LogP contribution < -0.4 is 10.6 Å². The maximum atomic E-state index is 12.9. The van der Waals surface area contributed by atoms with E-state index in [1.807, 2.05) is 36.4 Å². The van der Waals surface area contributed by atoms with Crippen molar-refractivity contribution < 1.29 is 9.59 Å². The number of aromatic nitrogens is 1. The van der Waals surface area contributed by atoms with Gasteiger partial charge in [0.05, 0.1) is 15.6 Å². The van der Waals surface area contributed by atoms with Crippen molar-refractivity contribution in [1.82, 2.24) is 4.98 Å². The number of anilines is 2. The van der Waals surface area contributed by atoms with Crippen molar-refractivity contribution in [3.05, 3.63) is 52.5 Å². The second kappa shape index (κ2) is 6.48. The molecule has 1 aliphatic rings. The van der Waals surface area contributed by atoms with Crippen LogP contribution in [-0.4, -0.2) is 16.8 Å². The van der Waals surface area contributed by atoms with Gasteiger partial charge in [-0.25, -0.2) is 4.98 Å².